The van der Waals surface area contributed by atoms with Gasteiger partial charge < -0.3 is 9.88 Å². The maximum Gasteiger partial charge on any atom is 0.143 e. The summed E-state index contributed by atoms with van der Waals surface area (Å²) in [5, 5.41) is 3.69. The molecule has 0 amide bonds. The number of carbonyl (C=O) groups is 1. The van der Waals surface area contributed by atoms with Gasteiger partial charge in [0.1, 0.15) is 5.78 Å². The molecule has 0 bridgehead atoms. The number of hydrogen-bond donors (Lipinski definition) is 1. The summed E-state index contributed by atoms with van der Waals surface area (Å²) in [5.41, 5.74) is 4.55. The van der Waals surface area contributed by atoms with Crippen LogP contribution in [-0.4, -0.2) is 16.4 Å². The average molecular weight is 393 g/mol. The van der Waals surface area contributed by atoms with Crippen molar-refractivity contribution in [3.05, 3.63) is 82.6 Å². The Balaban J connectivity index is 1.66. The van der Waals surface area contributed by atoms with Crippen LogP contribution in [-0.2, 0) is 4.79 Å². The molecule has 3 aromatic rings. The molecule has 4 heteroatoms. The third kappa shape index (κ3) is 2.28. The number of carbonyl (C=O) groups excluding carboxylic acids is 1. The van der Waals surface area contributed by atoms with E-state index >= 15 is 0 Å². The molecular formula is C21H17BrN2O. The van der Waals surface area contributed by atoms with Gasteiger partial charge in [-0.1, -0.05) is 40.2 Å². The van der Waals surface area contributed by atoms with E-state index in [-0.39, 0.29) is 17.9 Å². The molecule has 3 unspecified atom stereocenters. The smallest absolute Gasteiger partial charge is 0.143 e. The lowest BCUT2D eigenvalue weighted by molar-refractivity contribution is -0.118. The van der Waals surface area contributed by atoms with Crippen molar-refractivity contribution in [3.8, 4) is 5.69 Å². The largest absolute Gasteiger partial charge is 0.379 e. The quantitative estimate of drug-likeness (QED) is 0.640. The van der Waals surface area contributed by atoms with Gasteiger partial charge >= 0.3 is 0 Å². The summed E-state index contributed by atoms with van der Waals surface area (Å²) in [6.45, 7) is 0. The van der Waals surface area contributed by atoms with Crippen LogP contribution >= 0.6 is 15.9 Å². The molecule has 0 saturated heterocycles. The van der Waals surface area contributed by atoms with Crippen molar-refractivity contribution in [2.75, 3.05) is 5.32 Å². The van der Waals surface area contributed by atoms with Crippen LogP contribution in [0, 0.1) is 0 Å². The summed E-state index contributed by atoms with van der Waals surface area (Å²) >= 11 is 3.48. The zero-order chi connectivity index (χ0) is 17.0. The SMILES string of the molecule is O=C1CC2c3cccn3-c3ccccc3NC2C1c1ccc(Br)cc1. The van der Waals surface area contributed by atoms with Crippen LogP contribution in [0.25, 0.3) is 5.69 Å². The summed E-state index contributed by atoms with van der Waals surface area (Å²) in [4.78, 5) is 12.9. The highest BCUT2D eigenvalue weighted by Crippen LogP contribution is 2.46. The second-order valence-electron chi connectivity index (χ2n) is 6.80. The van der Waals surface area contributed by atoms with Crippen LogP contribution in [0.15, 0.2) is 71.3 Å². The van der Waals surface area contributed by atoms with E-state index in [1.807, 2.05) is 18.2 Å². The highest BCUT2D eigenvalue weighted by atomic mass is 79.9. The molecular weight excluding hydrogens is 376 g/mol. The van der Waals surface area contributed by atoms with Gasteiger partial charge in [-0.25, -0.2) is 0 Å². The van der Waals surface area contributed by atoms with Crippen LogP contribution in [0.3, 0.4) is 0 Å². The molecule has 0 radical (unpaired) electrons. The first-order chi connectivity index (χ1) is 12.2. The number of nitrogens with one attached hydrogen (secondary N) is 1. The van der Waals surface area contributed by atoms with Gasteiger partial charge in [-0.15, -0.1) is 0 Å². The molecule has 25 heavy (non-hydrogen) atoms. The van der Waals surface area contributed by atoms with Gasteiger partial charge in [0.25, 0.3) is 0 Å². The molecule has 1 fully saturated rings. The lowest BCUT2D eigenvalue weighted by Crippen LogP contribution is -2.29. The number of rotatable bonds is 1. The molecule has 5 rings (SSSR count). The van der Waals surface area contributed by atoms with E-state index in [2.05, 4.69) is 74.5 Å². The fourth-order valence-corrected chi connectivity index (χ4v) is 4.60. The molecule has 0 spiro atoms. The Hall–Kier alpha value is -2.33. The van der Waals surface area contributed by atoms with E-state index in [1.54, 1.807) is 0 Å². The fourth-order valence-electron chi connectivity index (χ4n) is 4.34. The molecule has 1 aromatic heterocycles. The Kier molecular flexibility index (Phi) is 3.35. The van der Waals surface area contributed by atoms with Gasteiger partial charge in [0.15, 0.2) is 0 Å². The number of aromatic nitrogens is 1. The molecule has 2 heterocycles. The van der Waals surface area contributed by atoms with Gasteiger partial charge in [-0.2, -0.15) is 0 Å². The van der Waals surface area contributed by atoms with Crippen molar-refractivity contribution >= 4 is 27.4 Å². The number of para-hydroxylation sites is 2. The van der Waals surface area contributed by atoms with Crippen LogP contribution in [0.2, 0.25) is 0 Å². The summed E-state index contributed by atoms with van der Waals surface area (Å²) in [7, 11) is 0. The standard InChI is InChI=1S/C21H17BrN2O/c22-14-9-7-13(8-10-14)20-19(25)12-15-17-6-3-11-24(17)18-5-2-1-4-16(18)23-21(15)20/h1-11,15,20-21,23H,12H2. The first-order valence-corrected chi connectivity index (χ1v) is 9.33. The Labute approximate surface area is 154 Å². The van der Waals surface area contributed by atoms with Gasteiger partial charge in [-0.05, 0) is 42.0 Å². The lowest BCUT2D eigenvalue weighted by atomic mass is 9.89. The minimum Gasteiger partial charge on any atom is -0.379 e. The van der Waals surface area contributed by atoms with E-state index in [4.69, 9.17) is 0 Å². The summed E-state index contributed by atoms with van der Waals surface area (Å²) in [6, 6.07) is 20.8. The minimum atomic E-state index is -0.118. The number of hydrogen-bond acceptors (Lipinski definition) is 2. The number of nitrogens with zero attached hydrogens (tertiary/aromatic N) is 1. The Morgan fingerprint density at radius 3 is 2.64 bits per heavy atom. The molecule has 124 valence electrons. The number of ketones is 1. The van der Waals surface area contributed by atoms with Crippen LogP contribution in [0.4, 0.5) is 5.69 Å². The lowest BCUT2D eigenvalue weighted by Gasteiger charge is -2.24. The van der Waals surface area contributed by atoms with Crippen LogP contribution in [0.1, 0.15) is 29.5 Å². The zero-order valence-electron chi connectivity index (χ0n) is 13.5. The van der Waals surface area contributed by atoms with Crippen LogP contribution in [0.5, 0.6) is 0 Å². The predicted octanol–water partition coefficient (Wildman–Crippen LogP) is 4.87. The molecule has 2 aliphatic rings. The maximum absolute atomic E-state index is 12.9. The summed E-state index contributed by atoms with van der Waals surface area (Å²) < 4.78 is 3.26. The zero-order valence-corrected chi connectivity index (χ0v) is 15.1. The second-order valence-corrected chi connectivity index (χ2v) is 7.71. The van der Waals surface area contributed by atoms with Crippen LogP contribution < -0.4 is 5.32 Å². The first-order valence-electron chi connectivity index (χ1n) is 8.54. The normalized spacial score (nSPS) is 24.0. The molecule has 1 aliphatic heterocycles. The van der Waals surface area contributed by atoms with Gasteiger partial charge in [0.05, 0.1) is 17.3 Å². The van der Waals surface area contributed by atoms with E-state index in [1.165, 1.54) is 5.69 Å². The number of benzene rings is 2. The molecule has 2 aromatic carbocycles. The Morgan fingerprint density at radius 2 is 1.80 bits per heavy atom. The molecule has 1 saturated carbocycles. The van der Waals surface area contributed by atoms with Gasteiger partial charge in [-0.3, -0.25) is 4.79 Å². The van der Waals surface area contributed by atoms with Crippen molar-refractivity contribution in [2.24, 2.45) is 0 Å². The molecule has 3 nitrogen and oxygen atoms in total. The second kappa shape index (κ2) is 5.60. The van der Waals surface area contributed by atoms with Crippen molar-refractivity contribution in [1.29, 1.82) is 0 Å². The van der Waals surface area contributed by atoms with Gasteiger partial charge in [0, 0.05) is 34.7 Å². The molecule has 3 atom stereocenters. The fraction of sp³-hybridized carbons (Fsp3) is 0.190. The van der Waals surface area contributed by atoms with E-state index < -0.39 is 0 Å². The molecule has 1 N–H and O–H groups in total. The monoisotopic (exact) mass is 392 g/mol. The summed E-state index contributed by atoms with van der Waals surface area (Å²) in [5.74, 6) is 0.383. The average Bonchev–Trinajstić information content (AvgIpc) is 3.19. The van der Waals surface area contributed by atoms with Gasteiger partial charge in [0.2, 0.25) is 0 Å². The highest BCUT2D eigenvalue weighted by Gasteiger charge is 2.46. The predicted molar refractivity (Wildman–Crippen MR) is 102 cm³/mol. The highest BCUT2D eigenvalue weighted by molar-refractivity contribution is 9.10. The number of halogens is 1. The third-order valence-electron chi connectivity index (χ3n) is 5.44. The van der Waals surface area contributed by atoms with E-state index in [9.17, 15) is 4.79 Å². The van der Waals surface area contributed by atoms with Crippen molar-refractivity contribution in [1.82, 2.24) is 4.57 Å². The third-order valence-corrected chi connectivity index (χ3v) is 5.96. The number of anilines is 1. The van der Waals surface area contributed by atoms with E-state index in [0.717, 1.165) is 21.4 Å². The van der Waals surface area contributed by atoms with Crippen molar-refractivity contribution in [2.45, 2.75) is 24.3 Å². The van der Waals surface area contributed by atoms with Crippen molar-refractivity contribution in [3.63, 3.8) is 0 Å². The van der Waals surface area contributed by atoms with E-state index in [0.29, 0.717) is 12.2 Å². The number of fused-ring (bicyclic) bond motifs is 5. The first kappa shape index (κ1) is 15.0. The summed E-state index contributed by atoms with van der Waals surface area (Å²) in [6.07, 6.45) is 2.67. The van der Waals surface area contributed by atoms with Crippen molar-refractivity contribution < 1.29 is 4.79 Å². The topological polar surface area (TPSA) is 34.0 Å². The Bertz CT molecular complexity index is 960. The molecule has 1 aliphatic carbocycles. The minimum absolute atomic E-state index is 0.0750. The maximum atomic E-state index is 12.9. The Morgan fingerprint density at radius 1 is 1.00 bits per heavy atom. The number of Topliss-reactive ketones (excluding diaryl/α,β-unsaturated/α-hetero) is 1.